The molecule has 0 radical (unpaired) electrons. The van der Waals surface area contributed by atoms with Crippen molar-refractivity contribution in [1.82, 2.24) is 5.43 Å². The molecule has 1 heterocycles. The van der Waals surface area contributed by atoms with Gasteiger partial charge in [-0.2, -0.15) is 11.8 Å². The van der Waals surface area contributed by atoms with Gasteiger partial charge in [0.15, 0.2) is 0 Å². The van der Waals surface area contributed by atoms with E-state index in [9.17, 15) is 0 Å². The summed E-state index contributed by atoms with van der Waals surface area (Å²) in [7, 11) is 0. The van der Waals surface area contributed by atoms with Crippen LogP contribution in [0, 0.1) is 0 Å². The Hall–Kier alpha value is -0.230. The number of hydrazine groups is 1. The predicted octanol–water partition coefficient (Wildman–Crippen LogP) is 2.90. The first-order valence-electron chi connectivity index (χ1n) is 6.72. The van der Waals surface area contributed by atoms with Gasteiger partial charge in [0.05, 0.1) is 6.61 Å². The predicted molar refractivity (Wildman–Crippen MR) is 85.8 cm³/mol. The van der Waals surface area contributed by atoms with Crippen LogP contribution in [0.1, 0.15) is 24.5 Å². The van der Waals surface area contributed by atoms with Gasteiger partial charge in [0.1, 0.15) is 5.75 Å². The lowest BCUT2D eigenvalue weighted by molar-refractivity contribution is 0.352. The smallest absolute Gasteiger partial charge is 0.125 e. The Morgan fingerprint density at radius 3 is 3.11 bits per heavy atom. The third-order valence-electron chi connectivity index (χ3n) is 3.19. The Morgan fingerprint density at radius 1 is 1.53 bits per heavy atom. The number of fused-ring (bicyclic) bond motifs is 1. The molecule has 19 heavy (non-hydrogen) atoms. The number of hydrogen-bond donors (Lipinski definition) is 2. The zero-order valence-corrected chi connectivity index (χ0v) is 13.6. The third-order valence-corrected chi connectivity index (χ3v) is 4.99. The van der Waals surface area contributed by atoms with Gasteiger partial charge in [-0.1, -0.05) is 22.9 Å². The lowest BCUT2D eigenvalue weighted by Crippen LogP contribution is -2.38. The van der Waals surface area contributed by atoms with Crippen molar-refractivity contribution in [3.8, 4) is 5.75 Å². The van der Waals surface area contributed by atoms with Crippen LogP contribution in [0.15, 0.2) is 16.6 Å². The minimum absolute atomic E-state index is 0.291. The average Bonchev–Trinajstić information content (AvgIpc) is 2.85. The van der Waals surface area contributed by atoms with E-state index in [2.05, 4.69) is 40.4 Å². The normalized spacial score (nSPS) is 15.1. The maximum atomic E-state index is 5.76. The summed E-state index contributed by atoms with van der Waals surface area (Å²) in [6.07, 6.45) is 3.12. The van der Waals surface area contributed by atoms with Crippen LogP contribution in [0.4, 0.5) is 0 Å². The molecule has 1 aromatic rings. The Balaban J connectivity index is 2.05. The van der Waals surface area contributed by atoms with E-state index in [4.69, 9.17) is 10.6 Å². The van der Waals surface area contributed by atoms with E-state index in [1.165, 1.54) is 23.3 Å². The van der Waals surface area contributed by atoms with E-state index in [1.54, 1.807) is 0 Å². The van der Waals surface area contributed by atoms with Crippen LogP contribution in [0.5, 0.6) is 5.75 Å². The molecule has 0 saturated heterocycles. The SMILES string of the molecule is CCCSCC(Cc1cc(Br)cc2c1OCC2)NN. The highest BCUT2D eigenvalue weighted by molar-refractivity contribution is 9.10. The maximum Gasteiger partial charge on any atom is 0.125 e. The minimum atomic E-state index is 0.291. The van der Waals surface area contributed by atoms with Crippen LogP contribution in [-0.2, 0) is 12.8 Å². The summed E-state index contributed by atoms with van der Waals surface area (Å²) in [5.74, 6) is 8.96. The van der Waals surface area contributed by atoms with Crippen LogP contribution in [0.25, 0.3) is 0 Å². The molecule has 3 nitrogen and oxygen atoms in total. The van der Waals surface area contributed by atoms with E-state index in [0.29, 0.717) is 6.04 Å². The second kappa shape index (κ2) is 7.53. The number of hydrogen-bond acceptors (Lipinski definition) is 4. The van der Waals surface area contributed by atoms with Gasteiger partial charge in [-0.05, 0) is 41.9 Å². The summed E-state index contributed by atoms with van der Waals surface area (Å²) in [5.41, 5.74) is 5.49. The van der Waals surface area contributed by atoms with Crippen molar-refractivity contribution in [1.29, 1.82) is 0 Å². The van der Waals surface area contributed by atoms with Crippen molar-refractivity contribution in [2.24, 2.45) is 5.84 Å². The second-order valence-corrected chi connectivity index (χ2v) is 6.86. The quantitative estimate of drug-likeness (QED) is 0.453. The van der Waals surface area contributed by atoms with Crippen molar-refractivity contribution in [2.75, 3.05) is 18.1 Å². The molecule has 0 fully saturated rings. The lowest BCUT2D eigenvalue weighted by Gasteiger charge is -2.17. The zero-order valence-electron chi connectivity index (χ0n) is 11.2. The minimum Gasteiger partial charge on any atom is -0.493 e. The number of benzene rings is 1. The van der Waals surface area contributed by atoms with E-state index >= 15 is 0 Å². The molecular weight excluding hydrogens is 324 g/mol. The van der Waals surface area contributed by atoms with Gasteiger partial charge < -0.3 is 4.74 Å². The fourth-order valence-corrected chi connectivity index (χ4v) is 3.81. The van der Waals surface area contributed by atoms with Gasteiger partial charge in [0, 0.05) is 22.7 Å². The molecule has 0 aliphatic carbocycles. The number of thioether (sulfide) groups is 1. The van der Waals surface area contributed by atoms with Crippen molar-refractivity contribution in [2.45, 2.75) is 32.2 Å². The molecule has 2 rings (SSSR count). The molecule has 0 spiro atoms. The van der Waals surface area contributed by atoms with Crippen LogP contribution in [0.2, 0.25) is 0 Å². The zero-order chi connectivity index (χ0) is 13.7. The van der Waals surface area contributed by atoms with Gasteiger partial charge >= 0.3 is 0 Å². The first-order valence-corrected chi connectivity index (χ1v) is 8.67. The molecule has 3 N–H and O–H groups in total. The van der Waals surface area contributed by atoms with Gasteiger partial charge in [-0.25, -0.2) is 0 Å². The number of halogens is 1. The van der Waals surface area contributed by atoms with Crippen molar-refractivity contribution < 1.29 is 4.74 Å². The van der Waals surface area contributed by atoms with Crippen LogP contribution >= 0.6 is 27.7 Å². The van der Waals surface area contributed by atoms with Crippen LogP contribution in [0.3, 0.4) is 0 Å². The summed E-state index contributed by atoms with van der Waals surface area (Å²) in [6, 6.07) is 4.60. The summed E-state index contributed by atoms with van der Waals surface area (Å²) in [6.45, 7) is 3.00. The summed E-state index contributed by atoms with van der Waals surface area (Å²) < 4.78 is 6.89. The number of nitrogens with two attached hydrogens (primary N) is 1. The topological polar surface area (TPSA) is 47.3 Å². The van der Waals surface area contributed by atoms with Crippen molar-refractivity contribution in [3.05, 3.63) is 27.7 Å². The summed E-state index contributed by atoms with van der Waals surface area (Å²) in [5, 5.41) is 0. The molecule has 1 aliphatic heterocycles. The summed E-state index contributed by atoms with van der Waals surface area (Å²) in [4.78, 5) is 0. The first kappa shape index (κ1) is 15.2. The molecule has 1 aromatic carbocycles. The molecule has 5 heteroatoms. The van der Waals surface area contributed by atoms with Crippen molar-refractivity contribution in [3.63, 3.8) is 0 Å². The number of nitrogens with one attached hydrogen (secondary N) is 1. The Kier molecular flexibility index (Phi) is 6.01. The standard InChI is InChI=1S/C14H21BrN2OS/c1-2-5-19-9-13(17-16)8-11-7-12(15)6-10-3-4-18-14(10)11/h6-7,13,17H,2-5,8-9,16H2,1H3. The van der Waals surface area contributed by atoms with E-state index in [-0.39, 0.29) is 0 Å². The fraction of sp³-hybridized carbons (Fsp3) is 0.571. The number of rotatable bonds is 7. The average molecular weight is 345 g/mol. The van der Waals surface area contributed by atoms with Crippen molar-refractivity contribution >= 4 is 27.7 Å². The Morgan fingerprint density at radius 2 is 2.37 bits per heavy atom. The van der Waals surface area contributed by atoms with E-state index in [0.717, 1.165) is 35.4 Å². The molecule has 0 saturated carbocycles. The molecule has 0 bridgehead atoms. The van der Waals surface area contributed by atoms with E-state index < -0.39 is 0 Å². The first-order chi connectivity index (χ1) is 9.24. The van der Waals surface area contributed by atoms with Crippen LogP contribution in [-0.4, -0.2) is 24.2 Å². The Labute approximate surface area is 127 Å². The summed E-state index contributed by atoms with van der Waals surface area (Å²) >= 11 is 5.53. The highest BCUT2D eigenvalue weighted by Gasteiger charge is 2.19. The largest absolute Gasteiger partial charge is 0.493 e. The maximum absolute atomic E-state index is 5.76. The lowest BCUT2D eigenvalue weighted by atomic mass is 10.0. The molecule has 1 aliphatic rings. The Bertz CT molecular complexity index is 428. The molecule has 0 aromatic heterocycles. The van der Waals surface area contributed by atoms with Crippen LogP contribution < -0.4 is 16.0 Å². The van der Waals surface area contributed by atoms with Gasteiger partial charge in [-0.15, -0.1) is 0 Å². The fourth-order valence-electron chi connectivity index (χ4n) is 2.30. The molecular formula is C14H21BrN2OS. The molecule has 1 atom stereocenters. The van der Waals surface area contributed by atoms with Gasteiger partial charge in [-0.3, -0.25) is 11.3 Å². The van der Waals surface area contributed by atoms with Gasteiger partial charge in [0.2, 0.25) is 0 Å². The number of ether oxygens (including phenoxy) is 1. The highest BCUT2D eigenvalue weighted by Crippen LogP contribution is 2.33. The van der Waals surface area contributed by atoms with Gasteiger partial charge in [0.25, 0.3) is 0 Å². The highest BCUT2D eigenvalue weighted by atomic mass is 79.9. The molecule has 0 amide bonds. The molecule has 106 valence electrons. The monoisotopic (exact) mass is 344 g/mol. The molecule has 1 unspecified atom stereocenters. The van der Waals surface area contributed by atoms with E-state index in [1.807, 2.05) is 11.8 Å². The third kappa shape index (κ3) is 4.12. The second-order valence-electron chi connectivity index (χ2n) is 4.79.